The van der Waals surface area contributed by atoms with E-state index < -0.39 is 0 Å². The fraction of sp³-hybridized carbons (Fsp3) is 1.00. The molecule has 0 radical (unpaired) electrons. The predicted octanol–water partition coefficient (Wildman–Crippen LogP) is 3.98. The summed E-state index contributed by atoms with van der Waals surface area (Å²) in [6.45, 7) is 5.20. The summed E-state index contributed by atoms with van der Waals surface area (Å²) in [7, 11) is 0. The molecular weight excluding hydrogens is 206 g/mol. The quantitative estimate of drug-likeness (QED) is 0.780. The molecule has 17 heavy (non-hydrogen) atoms. The van der Waals surface area contributed by atoms with Gasteiger partial charge in [-0.3, -0.25) is 0 Å². The lowest BCUT2D eigenvalue weighted by Crippen LogP contribution is -2.47. The maximum Gasteiger partial charge on any atom is -0.00126 e. The maximum absolute atomic E-state index is 3.68. The van der Waals surface area contributed by atoms with Crippen LogP contribution in [0.4, 0.5) is 0 Å². The highest BCUT2D eigenvalue weighted by Crippen LogP contribution is 2.50. The number of hydrogen-bond acceptors (Lipinski definition) is 1. The second-order valence-corrected chi connectivity index (χ2v) is 7.26. The van der Waals surface area contributed by atoms with Crippen LogP contribution in [-0.2, 0) is 0 Å². The Morgan fingerprint density at radius 2 is 1.82 bits per heavy atom. The van der Waals surface area contributed by atoms with Gasteiger partial charge in [-0.15, -0.1) is 0 Å². The Morgan fingerprint density at radius 3 is 2.47 bits per heavy atom. The summed E-state index contributed by atoms with van der Waals surface area (Å²) in [4.78, 5) is 0. The molecule has 3 rings (SSSR count). The summed E-state index contributed by atoms with van der Waals surface area (Å²) in [6.07, 6.45) is 13.6. The van der Waals surface area contributed by atoms with E-state index in [9.17, 15) is 0 Å². The molecule has 1 aliphatic heterocycles. The van der Waals surface area contributed by atoms with Gasteiger partial charge in [0.1, 0.15) is 0 Å². The fourth-order valence-electron chi connectivity index (χ4n) is 4.77. The van der Waals surface area contributed by atoms with Gasteiger partial charge in [0.25, 0.3) is 0 Å². The molecule has 0 aromatic heterocycles. The molecule has 1 heterocycles. The normalized spacial score (nSPS) is 40.4. The van der Waals surface area contributed by atoms with Crippen LogP contribution in [0.25, 0.3) is 0 Å². The highest BCUT2D eigenvalue weighted by atomic mass is 14.9. The monoisotopic (exact) mass is 235 g/mol. The van der Waals surface area contributed by atoms with Crippen LogP contribution in [0.3, 0.4) is 0 Å². The van der Waals surface area contributed by atoms with Gasteiger partial charge in [0, 0.05) is 0 Å². The molecule has 1 nitrogen and oxygen atoms in total. The molecule has 0 aromatic rings. The van der Waals surface area contributed by atoms with Crippen LogP contribution in [0.15, 0.2) is 0 Å². The number of piperidine rings is 1. The van der Waals surface area contributed by atoms with E-state index in [2.05, 4.69) is 12.2 Å². The molecule has 3 aliphatic rings. The van der Waals surface area contributed by atoms with Gasteiger partial charge in [0.15, 0.2) is 0 Å². The minimum absolute atomic E-state index is 0.672. The third-order valence-corrected chi connectivity index (χ3v) is 6.08. The van der Waals surface area contributed by atoms with Gasteiger partial charge in [-0.05, 0) is 49.1 Å². The largest absolute Gasteiger partial charge is 0.316 e. The second-order valence-electron chi connectivity index (χ2n) is 7.26. The van der Waals surface area contributed by atoms with E-state index >= 15 is 0 Å². The van der Waals surface area contributed by atoms with Crippen LogP contribution in [0.1, 0.15) is 64.7 Å². The molecule has 1 heteroatoms. The highest BCUT2D eigenvalue weighted by Gasteiger charge is 2.43. The van der Waals surface area contributed by atoms with Crippen molar-refractivity contribution in [1.82, 2.24) is 5.32 Å². The Kier molecular flexibility index (Phi) is 3.47. The van der Waals surface area contributed by atoms with E-state index in [0.717, 1.165) is 17.8 Å². The minimum atomic E-state index is 0.672. The van der Waals surface area contributed by atoms with Gasteiger partial charge in [0.2, 0.25) is 0 Å². The Morgan fingerprint density at radius 1 is 1.06 bits per heavy atom. The van der Waals surface area contributed by atoms with E-state index in [1.165, 1.54) is 70.9 Å². The highest BCUT2D eigenvalue weighted by molar-refractivity contribution is 4.95. The summed E-state index contributed by atoms with van der Waals surface area (Å²) in [5.74, 6) is 3.12. The van der Waals surface area contributed by atoms with Crippen molar-refractivity contribution in [3.05, 3.63) is 0 Å². The second kappa shape index (κ2) is 4.91. The average Bonchev–Trinajstić information content (AvgIpc) is 2.78. The molecule has 98 valence electrons. The van der Waals surface area contributed by atoms with Crippen molar-refractivity contribution in [2.24, 2.45) is 23.2 Å². The average molecular weight is 235 g/mol. The first-order valence-corrected chi connectivity index (χ1v) is 7.99. The smallest absolute Gasteiger partial charge is 0.00126 e. The van der Waals surface area contributed by atoms with E-state index in [1.807, 2.05) is 0 Å². The molecule has 0 amide bonds. The topological polar surface area (TPSA) is 12.0 Å². The Bertz CT molecular complexity index is 252. The van der Waals surface area contributed by atoms with Gasteiger partial charge >= 0.3 is 0 Å². The zero-order chi connectivity index (χ0) is 11.7. The Labute approximate surface area is 107 Å². The molecule has 1 saturated heterocycles. The van der Waals surface area contributed by atoms with Crippen LogP contribution >= 0.6 is 0 Å². The van der Waals surface area contributed by atoms with E-state index in [1.54, 1.807) is 0 Å². The van der Waals surface area contributed by atoms with Gasteiger partial charge in [0.05, 0.1) is 0 Å². The molecule has 2 saturated carbocycles. The van der Waals surface area contributed by atoms with Crippen LogP contribution < -0.4 is 5.32 Å². The zero-order valence-electron chi connectivity index (χ0n) is 11.5. The van der Waals surface area contributed by atoms with Crippen molar-refractivity contribution in [3.8, 4) is 0 Å². The van der Waals surface area contributed by atoms with E-state index in [0.29, 0.717) is 5.41 Å². The first-order valence-electron chi connectivity index (χ1n) is 7.99. The van der Waals surface area contributed by atoms with Gasteiger partial charge in [-0.2, -0.15) is 0 Å². The number of rotatable bonds is 3. The SMILES string of the molecule is CC1(CC2CCC2)CCNCC1C1CCCC1. The van der Waals surface area contributed by atoms with Crippen molar-refractivity contribution in [2.45, 2.75) is 64.7 Å². The first-order chi connectivity index (χ1) is 8.28. The molecule has 2 aliphatic carbocycles. The third kappa shape index (κ3) is 2.41. The van der Waals surface area contributed by atoms with Crippen molar-refractivity contribution < 1.29 is 0 Å². The van der Waals surface area contributed by atoms with Crippen molar-refractivity contribution in [3.63, 3.8) is 0 Å². The lowest BCUT2D eigenvalue weighted by Gasteiger charge is -2.48. The number of hydrogen-bond donors (Lipinski definition) is 1. The summed E-state index contributed by atoms with van der Waals surface area (Å²) in [5.41, 5.74) is 0.672. The van der Waals surface area contributed by atoms with E-state index in [4.69, 9.17) is 0 Å². The zero-order valence-corrected chi connectivity index (χ0v) is 11.5. The predicted molar refractivity (Wildman–Crippen MR) is 73.0 cm³/mol. The van der Waals surface area contributed by atoms with Gasteiger partial charge in [-0.1, -0.05) is 51.9 Å². The van der Waals surface area contributed by atoms with Crippen molar-refractivity contribution >= 4 is 0 Å². The lowest BCUT2D eigenvalue weighted by atomic mass is 9.60. The molecular formula is C16H29N. The summed E-state index contributed by atoms with van der Waals surface area (Å²) >= 11 is 0. The molecule has 2 unspecified atom stereocenters. The molecule has 2 atom stereocenters. The molecule has 0 bridgehead atoms. The molecule has 0 aromatic carbocycles. The van der Waals surface area contributed by atoms with Crippen molar-refractivity contribution in [2.75, 3.05) is 13.1 Å². The molecule has 3 fully saturated rings. The fourth-order valence-corrected chi connectivity index (χ4v) is 4.77. The maximum atomic E-state index is 3.68. The van der Waals surface area contributed by atoms with Crippen LogP contribution in [0.5, 0.6) is 0 Å². The van der Waals surface area contributed by atoms with Gasteiger partial charge < -0.3 is 5.32 Å². The van der Waals surface area contributed by atoms with Crippen LogP contribution in [0.2, 0.25) is 0 Å². The van der Waals surface area contributed by atoms with Gasteiger partial charge in [-0.25, -0.2) is 0 Å². The first kappa shape index (κ1) is 12.0. The van der Waals surface area contributed by atoms with Crippen LogP contribution in [0, 0.1) is 23.2 Å². The van der Waals surface area contributed by atoms with Crippen LogP contribution in [-0.4, -0.2) is 13.1 Å². The Balaban J connectivity index is 1.68. The summed E-state index contributed by atoms with van der Waals surface area (Å²) in [5, 5.41) is 3.68. The lowest BCUT2D eigenvalue weighted by molar-refractivity contribution is 0.0373. The summed E-state index contributed by atoms with van der Waals surface area (Å²) in [6, 6.07) is 0. The van der Waals surface area contributed by atoms with E-state index in [-0.39, 0.29) is 0 Å². The minimum Gasteiger partial charge on any atom is -0.316 e. The molecule has 1 N–H and O–H groups in total. The summed E-state index contributed by atoms with van der Waals surface area (Å²) < 4.78 is 0. The standard InChI is InChI=1S/C16H29N/c1-16(11-13-5-4-6-13)9-10-17-12-15(16)14-7-2-3-8-14/h13-15,17H,2-12H2,1H3. The Hall–Kier alpha value is -0.0400. The number of nitrogens with one attached hydrogen (secondary N) is 1. The molecule has 0 spiro atoms. The third-order valence-electron chi connectivity index (χ3n) is 6.08. The van der Waals surface area contributed by atoms with Crippen molar-refractivity contribution in [1.29, 1.82) is 0 Å².